The molecule has 2 saturated heterocycles. The number of piperidine rings is 1. The molecule has 18 heavy (non-hydrogen) atoms. The lowest BCUT2D eigenvalue weighted by molar-refractivity contribution is 0.155. The predicted molar refractivity (Wildman–Crippen MR) is 72.2 cm³/mol. The maximum absolute atomic E-state index is 4.19. The van der Waals surface area contributed by atoms with Crippen LogP contribution in [0.4, 0.5) is 0 Å². The monoisotopic (exact) mass is 248 g/mol. The topological polar surface area (TPSA) is 33.1 Å². The van der Waals surface area contributed by atoms with E-state index in [2.05, 4.69) is 26.8 Å². The number of aromatic nitrogens is 2. The van der Waals surface area contributed by atoms with Gasteiger partial charge in [0.2, 0.25) is 0 Å². The molecule has 2 aliphatic rings. The SMILES string of the molecule is Cn1cncc1CN1CCC(C2CCCN2)CC1. The van der Waals surface area contributed by atoms with E-state index in [0.29, 0.717) is 0 Å². The van der Waals surface area contributed by atoms with Crippen LogP contribution in [0, 0.1) is 5.92 Å². The van der Waals surface area contributed by atoms with E-state index in [-0.39, 0.29) is 0 Å². The molecule has 0 spiro atoms. The summed E-state index contributed by atoms with van der Waals surface area (Å²) < 4.78 is 2.13. The molecule has 2 fully saturated rings. The number of imidazole rings is 1. The minimum absolute atomic E-state index is 0.809. The first-order chi connectivity index (χ1) is 8.83. The quantitative estimate of drug-likeness (QED) is 0.877. The normalized spacial score (nSPS) is 26.8. The Bertz CT molecular complexity index is 373. The minimum atomic E-state index is 0.809. The van der Waals surface area contributed by atoms with Gasteiger partial charge in [-0.05, 0) is 51.2 Å². The number of hydrogen-bond donors (Lipinski definition) is 1. The summed E-state index contributed by atoms with van der Waals surface area (Å²) in [5.74, 6) is 0.912. The molecule has 1 aromatic rings. The van der Waals surface area contributed by atoms with E-state index in [1.807, 2.05) is 12.5 Å². The number of nitrogens with zero attached hydrogens (tertiary/aromatic N) is 3. The predicted octanol–water partition coefficient (Wildman–Crippen LogP) is 1.38. The van der Waals surface area contributed by atoms with E-state index in [4.69, 9.17) is 0 Å². The second-order valence-electron chi connectivity index (χ2n) is 5.81. The van der Waals surface area contributed by atoms with E-state index >= 15 is 0 Å². The summed E-state index contributed by atoms with van der Waals surface area (Å²) in [6.45, 7) is 4.78. The number of nitrogens with one attached hydrogen (secondary N) is 1. The van der Waals surface area contributed by atoms with Gasteiger partial charge in [-0.25, -0.2) is 4.98 Å². The molecule has 4 heteroatoms. The minimum Gasteiger partial charge on any atom is -0.337 e. The van der Waals surface area contributed by atoms with Crippen molar-refractivity contribution in [2.45, 2.75) is 38.3 Å². The molecular weight excluding hydrogens is 224 g/mol. The van der Waals surface area contributed by atoms with Gasteiger partial charge in [-0.3, -0.25) is 4.90 Å². The van der Waals surface area contributed by atoms with E-state index in [1.54, 1.807) is 0 Å². The molecule has 3 heterocycles. The highest BCUT2D eigenvalue weighted by Crippen LogP contribution is 2.26. The molecule has 100 valence electrons. The van der Waals surface area contributed by atoms with E-state index in [9.17, 15) is 0 Å². The summed E-state index contributed by atoms with van der Waals surface area (Å²) in [7, 11) is 2.08. The van der Waals surface area contributed by atoms with Crippen molar-refractivity contribution in [1.29, 1.82) is 0 Å². The number of aryl methyl sites for hydroxylation is 1. The van der Waals surface area contributed by atoms with Crippen LogP contribution in [-0.4, -0.2) is 40.1 Å². The van der Waals surface area contributed by atoms with Crippen molar-refractivity contribution in [2.24, 2.45) is 13.0 Å². The largest absolute Gasteiger partial charge is 0.337 e. The van der Waals surface area contributed by atoms with Crippen LogP contribution in [0.5, 0.6) is 0 Å². The van der Waals surface area contributed by atoms with E-state index in [0.717, 1.165) is 18.5 Å². The van der Waals surface area contributed by atoms with Gasteiger partial charge in [-0.15, -0.1) is 0 Å². The Kier molecular flexibility index (Phi) is 3.66. The fourth-order valence-corrected chi connectivity index (χ4v) is 3.39. The van der Waals surface area contributed by atoms with Gasteiger partial charge in [-0.1, -0.05) is 0 Å². The summed E-state index contributed by atoms with van der Waals surface area (Å²) in [4.78, 5) is 6.76. The van der Waals surface area contributed by atoms with Gasteiger partial charge in [0.25, 0.3) is 0 Å². The van der Waals surface area contributed by atoms with Crippen molar-refractivity contribution in [3.63, 3.8) is 0 Å². The molecule has 0 radical (unpaired) electrons. The fraction of sp³-hybridized carbons (Fsp3) is 0.786. The number of rotatable bonds is 3. The Morgan fingerprint density at radius 2 is 2.17 bits per heavy atom. The van der Waals surface area contributed by atoms with Gasteiger partial charge < -0.3 is 9.88 Å². The van der Waals surface area contributed by atoms with Crippen LogP contribution in [-0.2, 0) is 13.6 Å². The second-order valence-corrected chi connectivity index (χ2v) is 5.81. The maximum atomic E-state index is 4.19. The summed E-state index contributed by atoms with van der Waals surface area (Å²) in [5.41, 5.74) is 1.33. The Labute approximate surface area is 109 Å². The van der Waals surface area contributed by atoms with Gasteiger partial charge in [0.05, 0.1) is 12.0 Å². The van der Waals surface area contributed by atoms with Crippen molar-refractivity contribution in [1.82, 2.24) is 19.8 Å². The molecule has 0 aliphatic carbocycles. The van der Waals surface area contributed by atoms with Crippen molar-refractivity contribution < 1.29 is 0 Å². The first-order valence-electron chi connectivity index (χ1n) is 7.24. The van der Waals surface area contributed by atoms with Crippen LogP contribution in [0.15, 0.2) is 12.5 Å². The van der Waals surface area contributed by atoms with Crippen molar-refractivity contribution in [3.8, 4) is 0 Å². The molecule has 2 aliphatic heterocycles. The van der Waals surface area contributed by atoms with Crippen molar-refractivity contribution in [3.05, 3.63) is 18.2 Å². The van der Waals surface area contributed by atoms with Crippen LogP contribution in [0.2, 0.25) is 0 Å². The summed E-state index contributed by atoms with van der Waals surface area (Å²) in [6, 6.07) is 0.809. The lowest BCUT2D eigenvalue weighted by Crippen LogP contribution is -2.40. The maximum Gasteiger partial charge on any atom is 0.0945 e. The molecule has 1 unspecified atom stereocenters. The molecule has 1 aromatic heterocycles. The zero-order chi connectivity index (χ0) is 12.4. The molecule has 0 saturated carbocycles. The smallest absolute Gasteiger partial charge is 0.0945 e. The standard InChI is InChI=1S/C14H24N4/c1-17-11-15-9-13(17)10-18-7-4-12(5-8-18)14-3-2-6-16-14/h9,11-12,14,16H,2-8,10H2,1H3. The fourth-order valence-electron chi connectivity index (χ4n) is 3.39. The van der Waals surface area contributed by atoms with Crippen LogP contribution in [0.1, 0.15) is 31.4 Å². The first kappa shape index (κ1) is 12.2. The average molecular weight is 248 g/mol. The summed E-state index contributed by atoms with van der Waals surface area (Å²) >= 11 is 0. The highest BCUT2D eigenvalue weighted by Gasteiger charge is 2.28. The third kappa shape index (κ3) is 2.59. The second kappa shape index (κ2) is 5.41. The van der Waals surface area contributed by atoms with Crippen LogP contribution >= 0.6 is 0 Å². The molecule has 0 bridgehead atoms. The lowest BCUT2D eigenvalue weighted by atomic mass is 9.88. The Balaban J connectivity index is 1.49. The van der Waals surface area contributed by atoms with Crippen molar-refractivity contribution in [2.75, 3.05) is 19.6 Å². The molecular formula is C14H24N4. The number of hydrogen-bond acceptors (Lipinski definition) is 3. The van der Waals surface area contributed by atoms with Gasteiger partial charge in [0.15, 0.2) is 0 Å². The highest BCUT2D eigenvalue weighted by molar-refractivity contribution is 4.98. The van der Waals surface area contributed by atoms with Gasteiger partial charge in [0, 0.05) is 25.8 Å². The van der Waals surface area contributed by atoms with E-state index in [1.165, 1.54) is 51.0 Å². The highest BCUT2D eigenvalue weighted by atomic mass is 15.2. The van der Waals surface area contributed by atoms with Crippen molar-refractivity contribution >= 4 is 0 Å². The van der Waals surface area contributed by atoms with Gasteiger partial charge in [-0.2, -0.15) is 0 Å². The Morgan fingerprint density at radius 3 is 2.78 bits per heavy atom. The first-order valence-corrected chi connectivity index (χ1v) is 7.24. The summed E-state index contributed by atoms with van der Waals surface area (Å²) in [6.07, 6.45) is 9.37. The Morgan fingerprint density at radius 1 is 1.33 bits per heavy atom. The molecule has 1 N–H and O–H groups in total. The molecule has 1 atom stereocenters. The zero-order valence-corrected chi connectivity index (χ0v) is 11.3. The van der Waals surface area contributed by atoms with Crippen LogP contribution < -0.4 is 5.32 Å². The molecule has 4 nitrogen and oxygen atoms in total. The third-order valence-corrected chi connectivity index (χ3v) is 4.60. The average Bonchev–Trinajstić information content (AvgIpc) is 3.03. The third-order valence-electron chi connectivity index (χ3n) is 4.60. The molecule has 0 aromatic carbocycles. The van der Waals surface area contributed by atoms with Crippen LogP contribution in [0.3, 0.4) is 0 Å². The van der Waals surface area contributed by atoms with Crippen LogP contribution in [0.25, 0.3) is 0 Å². The summed E-state index contributed by atoms with van der Waals surface area (Å²) in [5, 5.41) is 3.66. The van der Waals surface area contributed by atoms with E-state index < -0.39 is 0 Å². The molecule has 0 amide bonds. The molecule has 3 rings (SSSR count). The van der Waals surface area contributed by atoms with Gasteiger partial charge in [0.1, 0.15) is 0 Å². The Hall–Kier alpha value is -0.870. The number of likely N-dealkylation sites (tertiary alicyclic amines) is 1. The zero-order valence-electron chi connectivity index (χ0n) is 11.3. The van der Waals surface area contributed by atoms with Gasteiger partial charge >= 0.3 is 0 Å². The lowest BCUT2D eigenvalue weighted by Gasteiger charge is -2.34.